The summed E-state index contributed by atoms with van der Waals surface area (Å²) in [6, 6.07) is 8.38. The van der Waals surface area contributed by atoms with Crippen LogP contribution >= 0.6 is 23.5 Å². The monoisotopic (exact) mass is 362 g/mol. The molecule has 0 spiro atoms. The Hall–Kier alpha value is -2.18. The van der Waals surface area contributed by atoms with E-state index >= 15 is 0 Å². The highest BCUT2D eigenvalue weighted by Crippen LogP contribution is 2.31. The number of benzene rings is 2. The third-order valence-corrected chi connectivity index (χ3v) is 4.72. The number of carbonyl (C=O) groups is 2. The molecule has 0 aliphatic carbocycles. The van der Waals surface area contributed by atoms with Crippen molar-refractivity contribution in [3.05, 3.63) is 73.3 Å². The fourth-order valence-corrected chi connectivity index (χ4v) is 3.06. The Morgan fingerprint density at radius 1 is 0.875 bits per heavy atom. The summed E-state index contributed by atoms with van der Waals surface area (Å²) in [5.74, 6) is -1.19. The molecule has 0 unspecified atom stereocenters. The predicted octanol–water partition coefficient (Wildman–Crippen LogP) is 5.24. The fourth-order valence-electron chi connectivity index (χ4n) is 1.85. The van der Waals surface area contributed by atoms with Crippen LogP contribution in [0.5, 0.6) is 0 Å². The quantitative estimate of drug-likeness (QED) is 0.538. The van der Waals surface area contributed by atoms with E-state index in [9.17, 15) is 18.4 Å². The second-order valence-electron chi connectivity index (χ2n) is 4.54. The number of hydrogen-bond donors (Lipinski definition) is 0. The molecule has 0 atom stereocenters. The molecule has 0 heterocycles. The molecule has 0 bridgehead atoms. The Labute approximate surface area is 146 Å². The lowest BCUT2D eigenvalue weighted by molar-refractivity contribution is -0.107. The van der Waals surface area contributed by atoms with Gasteiger partial charge in [-0.2, -0.15) is 0 Å². The second kappa shape index (κ2) is 8.08. The average molecular weight is 362 g/mol. The van der Waals surface area contributed by atoms with Crippen molar-refractivity contribution in [2.24, 2.45) is 0 Å². The molecule has 0 saturated carbocycles. The van der Waals surface area contributed by atoms with Crippen LogP contribution in [0.3, 0.4) is 0 Å². The number of carbonyl (C=O) groups excluding carboxylic acids is 2. The summed E-state index contributed by atoms with van der Waals surface area (Å²) in [4.78, 5) is 23.1. The number of hydrogen-bond acceptors (Lipinski definition) is 4. The average Bonchev–Trinajstić information content (AvgIpc) is 2.56. The van der Waals surface area contributed by atoms with E-state index < -0.39 is 11.6 Å². The molecule has 2 aromatic carbocycles. The van der Waals surface area contributed by atoms with Crippen molar-refractivity contribution in [2.75, 3.05) is 0 Å². The maximum atomic E-state index is 14.2. The summed E-state index contributed by atoms with van der Waals surface area (Å²) in [5.41, 5.74) is 0.544. The van der Waals surface area contributed by atoms with Crippen LogP contribution in [-0.4, -0.2) is 10.2 Å². The predicted molar refractivity (Wildman–Crippen MR) is 93.9 cm³/mol. The normalized spacial score (nSPS) is 10.2. The number of halogens is 2. The third-order valence-electron chi connectivity index (χ3n) is 2.95. The van der Waals surface area contributed by atoms with E-state index in [4.69, 9.17) is 0 Å². The van der Waals surface area contributed by atoms with Gasteiger partial charge in [-0.1, -0.05) is 25.3 Å². The van der Waals surface area contributed by atoms with Crippen LogP contribution in [0.15, 0.2) is 71.5 Å². The van der Waals surface area contributed by atoms with Gasteiger partial charge in [0.05, 0.1) is 4.90 Å². The standard InChI is InChI=1S/C18H12F2O2S2/c1-3-17(21)23-12-6-7-13(14(19)10-12)11-5-8-16(15(20)9-11)24-18(22)4-2/h3-10H,1-2H2. The van der Waals surface area contributed by atoms with Gasteiger partial charge in [-0.05, 0) is 65.5 Å². The summed E-state index contributed by atoms with van der Waals surface area (Å²) in [6.07, 6.45) is 2.24. The summed E-state index contributed by atoms with van der Waals surface area (Å²) >= 11 is 1.57. The molecule has 0 N–H and O–H groups in total. The summed E-state index contributed by atoms with van der Waals surface area (Å²) in [6.45, 7) is 6.67. The Kier molecular flexibility index (Phi) is 6.11. The van der Waals surface area contributed by atoms with Gasteiger partial charge in [0.25, 0.3) is 0 Å². The van der Waals surface area contributed by atoms with Crippen molar-refractivity contribution in [1.82, 2.24) is 0 Å². The third kappa shape index (κ3) is 4.43. The van der Waals surface area contributed by atoms with Gasteiger partial charge in [-0.3, -0.25) is 9.59 Å². The first kappa shape index (κ1) is 18.2. The molecule has 0 saturated heterocycles. The maximum absolute atomic E-state index is 14.2. The van der Waals surface area contributed by atoms with Gasteiger partial charge in [0, 0.05) is 10.5 Å². The highest BCUT2D eigenvalue weighted by Gasteiger charge is 2.12. The topological polar surface area (TPSA) is 34.1 Å². The van der Waals surface area contributed by atoms with Crippen LogP contribution in [0, 0.1) is 11.6 Å². The molecule has 2 aromatic rings. The Bertz CT molecular complexity index is 832. The Morgan fingerprint density at radius 3 is 2.12 bits per heavy atom. The first-order chi connectivity index (χ1) is 11.4. The lowest BCUT2D eigenvalue weighted by atomic mass is 10.1. The molecule has 0 aliphatic rings. The van der Waals surface area contributed by atoms with Gasteiger partial charge in [0.2, 0.25) is 10.2 Å². The lowest BCUT2D eigenvalue weighted by Crippen LogP contribution is -1.91. The molecule has 0 radical (unpaired) electrons. The number of rotatable bonds is 5. The van der Waals surface area contributed by atoms with Crippen molar-refractivity contribution >= 4 is 33.8 Å². The molecule has 0 fully saturated rings. The molecule has 0 amide bonds. The minimum atomic E-state index is -0.618. The van der Waals surface area contributed by atoms with Crippen LogP contribution in [0.25, 0.3) is 11.1 Å². The fraction of sp³-hybridized carbons (Fsp3) is 0. The first-order valence-electron chi connectivity index (χ1n) is 6.72. The van der Waals surface area contributed by atoms with Gasteiger partial charge >= 0.3 is 0 Å². The van der Waals surface area contributed by atoms with Crippen molar-refractivity contribution < 1.29 is 18.4 Å². The van der Waals surface area contributed by atoms with Crippen LogP contribution in [0.1, 0.15) is 0 Å². The summed E-state index contributed by atoms with van der Waals surface area (Å²) in [5, 5.41) is -0.664. The SMILES string of the molecule is C=CC(=O)Sc1ccc(-c2ccc(SC(=O)C=C)c(F)c2)c(F)c1. The lowest BCUT2D eigenvalue weighted by Gasteiger charge is -2.07. The summed E-state index contributed by atoms with van der Waals surface area (Å²) in [7, 11) is 0. The largest absolute Gasteiger partial charge is 0.282 e. The van der Waals surface area contributed by atoms with Gasteiger partial charge in [0.15, 0.2) is 0 Å². The molecule has 24 heavy (non-hydrogen) atoms. The highest BCUT2D eigenvalue weighted by atomic mass is 32.2. The van der Waals surface area contributed by atoms with E-state index in [1.165, 1.54) is 30.3 Å². The molecule has 6 heteroatoms. The smallest absolute Gasteiger partial charge is 0.216 e. The molecule has 2 nitrogen and oxygen atoms in total. The van der Waals surface area contributed by atoms with Gasteiger partial charge in [-0.25, -0.2) is 8.78 Å². The molecule has 122 valence electrons. The van der Waals surface area contributed by atoms with Crippen LogP contribution < -0.4 is 0 Å². The number of thioether (sulfide) groups is 2. The zero-order chi connectivity index (χ0) is 17.7. The second-order valence-corrected chi connectivity index (χ2v) is 6.66. The van der Waals surface area contributed by atoms with E-state index in [2.05, 4.69) is 13.2 Å². The molecule has 2 rings (SSSR count). The molecular formula is C18H12F2O2S2. The van der Waals surface area contributed by atoms with Gasteiger partial charge in [-0.15, -0.1) is 0 Å². The van der Waals surface area contributed by atoms with Crippen LogP contribution in [-0.2, 0) is 9.59 Å². The van der Waals surface area contributed by atoms with Gasteiger partial charge in [0.1, 0.15) is 11.6 Å². The minimum Gasteiger partial charge on any atom is -0.282 e. The van der Waals surface area contributed by atoms with E-state index in [0.29, 0.717) is 22.2 Å². The van der Waals surface area contributed by atoms with E-state index in [-0.39, 0.29) is 20.7 Å². The Balaban J connectivity index is 2.30. The van der Waals surface area contributed by atoms with E-state index in [1.54, 1.807) is 6.07 Å². The van der Waals surface area contributed by atoms with Crippen molar-refractivity contribution in [1.29, 1.82) is 0 Å². The van der Waals surface area contributed by atoms with Crippen LogP contribution in [0.2, 0.25) is 0 Å². The zero-order valence-electron chi connectivity index (χ0n) is 12.4. The van der Waals surface area contributed by atoms with Crippen LogP contribution in [0.4, 0.5) is 8.78 Å². The van der Waals surface area contributed by atoms with Crippen molar-refractivity contribution in [3.63, 3.8) is 0 Å². The van der Waals surface area contributed by atoms with Gasteiger partial charge < -0.3 is 0 Å². The van der Waals surface area contributed by atoms with Crippen molar-refractivity contribution in [2.45, 2.75) is 9.79 Å². The van der Waals surface area contributed by atoms with E-state index in [1.807, 2.05) is 0 Å². The zero-order valence-corrected chi connectivity index (χ0v) is 14.1. The Morgan fingerprint density at radius 2 is 1.54 bits per heavy atom. The van der Waals surface area contributed by atoms with Crippen molar-refractivity contribution in [3.8, 4) is 11.1 Å². The maximum Gasteiger partial charge on any atom is 0.216 e. The minimum absolute atomic E-state index is 0.146. The summed E-state index contributed by atoms with van der Waals surface area (Å²) < 4.78 is 28.3. The highest BCUT2D eigenvalue weighted by molar-refractivity contribution is 8.14. The molecule has 0 aliphatic heterocycles. The molecular weight excluding hydrogens is 350 g/mol. The first-order valence-corrected chi connectivity index (χ1v) is 8.36. The molecule has 0 aromatic heterocycles. The van der Waals surface area contributed by atoms with E-state index in [0.717, 1.165) is 23.9 Å².